The summed E-state index contributed by atoms with van der Waals surface area (Å²) in [6.45, 7) is 1.68. The highest BCUT2D eigenvalue weighted by atomic mass is 32.2. The molecule has 0 bridgehead atoms. The minimum absolute atomic E-state index is 0.160. The van der Waals surface area contributed by atoms with E-state index in [2.05, 4.69) is 5.32 Å². The van der Waals surface area contributed by atoms with E-state index in [4.69, 9.17) is 14.2 Å². The molecular formula is C20H19NO5S. The molecule has 1 amide bonds. The van der Waals surface area contributed by atoms with Crippen LogP contribution in [0.1, 0.15) is 12.5 Å². The standard InChI is InChI=1S/C20H19NO5S/c1-13(20(23)21-15-6-9-17-18(11-15)25-12-24-17)26-19(22)10-5-14-3-7-16(27-2)8-4-14/h3-11,13H,12H2,1-2H3,(H,21,23)/b10-5+/t13-/m1/s1. The normalized spacial score (nSPS) is 13.4. The number of amides is 1. The van der Waals surface area contributed by atoms with E-state index in [-0.39, 0.29) is 6.79 Å². The van der Waals surface area contributed by atoms with Gasteiger partial charge in [0.25, 0.3) is 5.91 Å². The maximum atomic E-state index is 12.2. The van der Waals surface area contributed by atoms with Crippen molar-refractivity contribution in [2.24, 2.45) is 0 Å². The average Bonchev–Trinajstić information content (AvgIpc) is 3.14. The van der Waals surface area contributed by atoms with Crippen molar-refractivity contribution < 1.29 is 23.8 Å². The zero-order valence-corrected chi connectivity index (χ0v) is 15.7. The molecule has 3 rings (SSSR count). The first-order chi connectivity index (χ1) is 13.0. The van der Waals surface area contributed by atoms with Gasteiger partial charge in [-0.05, 0) is 49.1 Å². The van der Waals surface area contributed by atoms with E-state index in [1.54, 1.807) is 36.0 Å². The molecule has 0 saturated carbocycles. The van der Waals surface area contributed by atoms with E-state index in [1.807, 2.05) is 30.5 Å². The molecule has 1 aliphatic heterocycles. The molecule has 0 spiro atoms. The molecule has 7 heteroatoms. The van der Waals surface area contributed by atoms with Crippen LogP contribution in [0.25, 0.3) is 6.08 Å². The fourth-order valence-electron chi connectivity index (χ4n) is 2.36. The highest BCUT2D eigenvalue weighted by Gasteiger charge is 2.19. The number of hydrogen-bond acceptors (Lipinski definition) is 6. The summed E-state index contributed by atoms with van der Waals surface area (Å²) < 4.78 is 15.6. The number of carbonyl (C=O) groups is 2. The van der Waals surface area contributed by atoms with Gasteiger partial charge in [-0.15, -0.1) is 11.8 Å². The minimum Gasteiger partial charge on any atom is -0.454 e. The second-order valence-electron chi connectivity index (χ2n) is 5.74. The Morgan fingerprint density at radius 1 is 1.15 bits per heavy atom. The summed E-state index contributed by atoms with van der Waals surface area (Å²) in [5.41, 5.74) is 1.42. The van der Waals surface area contributed by atoms with Crippen LogP contribution in [0.2, 0.25) is 0 Å². The van der Waals surface area contributed by atoms with Gasteiger partial charge in [-0.2, -0.15) is 0 Å². The number of thioether (sulfide) groups is 1. The number of benzene rings is 2. The van der Waals surface area contributed by atoms with Gasteiger partial charge in [0.2, 0.25) is 6.79 Å². The maximum Gasteiger partial charge on any atom is 0.331 e. The zero-order chi connectivity index (χ0) is 19.2. The Bertz CT molecular complexity index is 863. The predicted octanol–water partition coefficient (Wildman–Crippen LogP) is 3.72. The summed E-state index contributed by atoms with van der Waals surface area (Å²) in [6.07, 6.45) is 4.01. The fourth-order valence-corrected chi connectivity index (χ4v) is 2.77. The summed E-state index contributed by atoms with van der Waals surface area (Å²) in [5, 5.41) is 2.69. The smallest absolute Gasteiger partial charge is 0.331 e. The molecule has 0 radical (unpaired) electrons. The molecule has 6 nitrogen and oxygen atoms in total. The van der Waals surface area contributed by atoms with E-state index < -0.39 is 18.0 Å². The first-order valence-electron chi connectivity index (χ1n) is 8.28. The number of ether oxygens (including phenoxy) is 3. The summed E-state index contributed by atoms with van der Waals surface area (Å²) in [4.78, 5) is 25.3. The molecule has 27 heavy (non-hydrogen) atoms. The fraction of sp³-hybridized carbons (Fsp3) is 0.200. The van der Waals surface area contributed by atoms with Crippen molar-refractivity contribution in [1.82, 2.24) is 0 Å². The van der Waals surface area contributed by atoms with Gasteiger partial charge in [0.05, 0.1) is 0 Å². The SMILES string of the molecule is CSc1ccc(/C=C/C(=O)O[C@H](C)C(=O)Nc2ccc3c(c2)OCO3)cc1. The third-order valence-electron chi connectivity index (χ3n) is 3.83. The van der Waals surface area contributed by atoms with E-state index >= 15 is 0 Å². The second kappa shape index (κ2) is 8.64. The molecule has 2 aromatic rings. The Morgan fingerprint density at radius 3 is 2.63 bits per heavy atom. The van der Waals surface area contributed by atoms with Gasteiger partial charge in [-0.3, -0.25) is 4.79 Å². The van der Waals surface area contributed by atoms with E-state index in [1.165, 1.54) is 13.0 Å². The van der Waals surface area contributed by atoms with Crippen LogP contribution in [-0.2, 0) is 14.3 Å². The van der Waals surface area contributed by atoms with Gasteiger partial charge in [-0.25, -0.2) is 4.79 Å². The molecule has 140 valence electrons. The summed E-state index contributed by atoms with van der Waals surface area (Å²) >= 11 is 1.65. The Balaban J connectivity index is 1.52. The molecule has 2 aromatic carbocycles. The van der Waals surface area contributed by atoms with Gasteiger partial charge in [0.1, 0.15) is 0 Å². The lowest BCUT2D eigenvalue weighted by atomic mass is 10.2. The molecular weight excluding hydrogens is 366 g/mol. The van der Waals surface area contributed by atoms with Crippen LogP contribution in [0, 0.1) is 0 Å². The van der Waals surface area contributed by atoms with Crippen LogP contribution in [-0.4, -0.2) is 31.0 Å². The van der Waals surface area contributed by atoms with Crippen molar-refractivity contribution in [2.75, 3.05) is 18.4 Å². The molecule has 0 aromatic heterocycles. The quantitative estimate of drug-likeness (QED) is 0.464. The van der Waals surface area contributed by atoms with Crippen LogP contribution in [0.5, 0.6) is 11.5 Å². The van der Waals surface area contributed by atoms with Gasteiger partial charge in [0.15, 0.2) is 17.6 Å². The Hall–Kier alpha value is -2.93. The van der Waals surface area contributed by atoms with Gasteiger partial charge in [0, 0.05) is 22.7 Å². The van der Waals surface area contributed by atoms with Crippen LogP contribution >= 0.6 is 11.8 Å². The maximum absolute atomic E-state index is 12.2. The number of rotatable bonds is 6. The summed E-state index contributed by atoms with van der Waals surface area (Å²) in [7, 11) is 0. The van der Waals surface area contributed by atoms with Crippen LogP contribution < -0.4 is 14.8 Å². The Labute approximate surface area is 161 Å². The molecule has 1 N–H and O–H groups in total. The number of carbonyl (C=O) groups excluding carboxylic acids is 2. The number of nitrogens with one attached hydrogen (secondary N) is 1. The van der Waals surface area contributed by atoms with Gasteiger partial charge in [-0.1, -0.05) is 12.1 Å². The monoisotopic (exact) mass is 385 g/mol. The number of fused-ring (bicyclic) bond motifs is 1. The Kier molecular flexibility index (Phi) is 6.03. The van der Waals surface area contributed by atoms with Crippen LogP contribution in [0.15, 0.2) is 53.4 Å². The van der Waals surface area contributed by atoms with Crippen molar-refractivity contribution in [3.63, 3.8) is 0 Å². The summed E-state index contributed by atoms with van der Waals surface area (Å²) in [5.74, 6) is 0.174. The lowest BCUT2D eigenvalue weighted by Crippen LogP contribution is -2.29. The second-order valence-corrected chi connectivity index (χ2v) is 6.62. The highest BCUT2D eigenvalue weighted by molar-refractivity contribution is 7.98. The first kappa shape index (κ1) is 18.8. The molecule has 0 aliphatic carbocycles. The third kappa shape index (κ3) is 5.04. The van der Waals surface area contributed by atoms with Gasteiger partial charge < -0.3 is 19.5 Å². The van der Waals surface area contributed by atoms with Gasteiger partial charge >= 0.3 is 5.97 Å². The van der Waals surface area contributed by atoms with E-state index in [9.17, 15) is 9.59 Å². The van der Waals surface area contributed by atoms with Crippen LogP contribution in [0.3, 0.4) is 0 Å². The highest BCUT2D eigenvalue weighted by Crippen LogP contribution is 2.34. The molecule has 1 aliphatic rings. The predicted molar refractivity (Wildman–Crippen MR) is 104 cm³/mol. The zero-order valence-electron chi connectivity index (χ0n) is 14.9. The Morgan fingerprint density at radius 2 is 1.89 bits per heavy atom. The first-order valence-corrected chi connectivity index (χ1v) is 9.51. The molecule has 0 fully saturated rings. The molecule has 0 unspecified atom stereocenters. The van der Waals surface area contributed by atoms with Crippen molar-refractivity contribution in [2.45, 2.75) is 17.9 Å². The van der Waals surface area contributed by atoms with E-state index in [0.717, 1.165) is 10.5 Å². The van der Waals surface area contributed by atoms with E-state index in [0.29, 0.717) is 17.2 Å². The summed E-state index contributed by atoms with van der Waals surface area (Å²) in [6, 6.07) is 12.8. The van der Waals surface area contributed by atoms with Crippen LogP contribution in [0.4, 0.5) is 5.69 Å². The van der Waals surface area contributed by atoms with Crippen molar-refractivity contribution >= 4 is 35.4 Å². The topological polar surface area (TPSA) is 73.9 Å². The third-order valence-corrected chi connectivity index (χ3v) is 4.57. The van der Waals surface area contributed by atoms with Crippen molar-refractivity contribution in [1.29, 1.82) is 0 Å². The van der Waals surface area contributed by atoms with Crippen molar-refractivity contribution in [3.05, 3.63) is 54.1 Å². The lowest BCUT2D eigenvalue weighted by molar-refractivity contribution is -0.148. The number of anilines is 1. The average molecular weight is 385 g/mol. The largest absolute Gasteiger partial charge is 0.454 e. The molecule has 0 saturated heterocycles. The lowest BCUT2D eigenvalue weighted by Gasteiger charge is -2.12. The molecule has 1 atom stereocenters. The number of hydrogen-bond donors (Lipinski definition) is 1. The van der Waals surface area contributed by atoms with Crippen molar-refractivity contribution in [3.8, 4) is 11.5 Å². The minimum atomic E-state index is -0.938. The molecule has 1 heterocycles. The number of esters is 1.